The van der Waals surface area contributed by atoms with Crippen LogP contribution in [0.3, 0.4) is 0 Å². The summed E-state index contributed by atoms with van der Waals surface area (Å²) in [5.41, 5.74) is 3.32. The highest BCUT2D eigenvalue weighted by Crippen LogP contribution is 2.31. The van der Waals surface area contributed by atoms with E-state index in [0.29, 0.717) is 23.6 Å². The molecule has 1 N–H and O–H groups in total. The molecule has 2 aliphatic carbocycles. The smallest absolute Gasteiger partial charge is 0.247 e. The van der Waals surface area contributed by atoms with Crippen LogP contribution in [-0.4, -0.2) is 36.0 Å². The van der Waals surface area contributed by atoms with Crippen molar-refractivity contribution < 1.29 is 9.18 Å². The zero-order valence-corrected chi connectivity index (χ0v) is 15.0. The van der Waals surface area contributed by atoms with E-state index in [1.807, 2.05) is 6.92 Å². The van der Waals surface area contributed by atoms with Crippen LogP contribution < -0.4 is 5.32 Å². The first-order chi connectivity index (χ1) is 12.1. The van der Waals surface area contributed by atoms with Gasteiger partial charge in [0.2, 0.25) is 5.91 Å². The minimum Gasteiger partial charge on any atom is -0.350 e. The van der Waals surface area contributed by atoms with Crippen molar-refractivity contribution in [1.29, 1.82) is 0 Å². The summed E-state index contributed by atoms with van der Waals surface area (Å²) in [6.45, 7) is 4.41. The number of nitrogens with one attached hydrogen (secondary N) is 1. The van der Waals surface area contributed by atoms with Gasteiger partial charge in [-0.2, -0.15) is 0 Å². The number of likely N-dealkylation sites (tertiary alicyclic amines) is 1. The molecular formula is C21H27FN2O. The third-order valence-corrected chi connectivity index (χ3v) is 6.15. The Morgan fingerprint density at radius 3 is 2.76 bits per heavy atom. The topological polar surface area (TPSA) is 32.3 Å². The number of carbonyl (C=O) groups is 1. The fourth-order valence-corrected chi connectivity index (χ4v) is 4.71. The molecule has 4 heteroatoms. The maximum absolute atomic E-state index is 14.0. The van der Waals surface area contributed by atoms with Crippen LogP contribution in [-0.2, 0) is 11.2 Å². The van der Waals surface area contributed by atoms with Crippen molar-refractivity contribution in [3.05, 3.63) is 40.2 Å². The number of hydrogen-bond acceptors (Lipinski definition) is 2. The molecule has 1 aromatic carbocycles. The number of halogens is 1. The SMILES string of the molecule is Cc1ccc(F)c2c1CC(C(=O)N[C@@H]1CCC[C@H](N3CCCC3)C1)=C2. The summed E-state index contributed by atoms with van der Waals surface area (Å²) in [6, 6.07) is 4.16. The van der Waals surface area contributed by atoms with Gasteiger partial charge in [-0.25, -0.2) is 4.39 Å². The van der Waals surface area contributed by atoms with Crippen LogP contribution in [0.2, 0.25) is 0 Å². The summed E-state index contributed by atoms with van der Waals surface area (Å²) in [7, 11) is 0. The lowest BCUT2D eigenvalue weighted by molar-refractivity contribution is -0.118. The number of rotatable bonds is 3. The third-order valence-electron chi connectivity index (χ3n) is 6.15. The summed E-state index contributed by atoms with van der Waals surface area (Å²) in [6.07, 6.45) is 9.46. The Balaban J connectivity index is 1.40. The predicted molar refractivity (Wildman–Crippen MR) is 97.8 cm³/mol. The van der Waals surface area contributed by atoms with E-state index >= 15 is 0 Å². The van der Waals surface area contributed by atoms with Gasteiger partial charge in [0.05, 0.1) is 0 Å². The van der Waals surface area contributed by atoms with Crippen molar-refractivity contribution in [1.82, 2.24) is 10.2 Å². The molecule has 3 nitrogen and oxygen atoms in total. The highest BCUT2D eigenvalue weighted by Gasteiger charge is 2.30. The Morgan fingerprint density at radius 2 is 2.00 bits per heavy atom. The van der Waals surface area contributed by atoms with Gasteiger partial charge in [0.1, 0.15) is 5.82 Å². The highest BCUT2D eigenvalue weighted by atomic mass is 19.1. The first-order valence-corrected chi connectivity index (χ1v) is 9.65. The van der Waals surface area contributed by atoms with Crippen LogP contribution in [0.4, 0.5) is 4.39 Å². The first-order valence-electron chi connectivity index (χ1n) is 9.65. The molecule has 1 aromatic rings. The average molecular weight is 342 g/mol. The van der Waals surface area contributed by atoms with Gasteiger partial charge >= 0.3 is 0 Å². The maximum Gasteiger partial charge on any atom is 0.247 e. The Morgan fingerprint density at radius 1 is 1.20 bits per heavy atom. The fourth-order valence-electron chi connectivity index (χ4n) is 4.71. The third kappa shape index (κ3) is 3.37. The van der Waals surface area contributed by atoms with Gasteiger partial charge in [-0.15, -0.1) is 0 Å². The van der Waals surface area contributed by atoms with E-state index in [0.717, 1.165) is 24.0 Å². The minimum atomic E-state index is -0.227. The standard InChI is InChI=1S/C21H27FN2O/c1-14-7-8-20(22)19-12-15(11-18(14)19)21(25)23-16-5-4-6-17(13-16)24-9-2-3-10-24/h7-8,12,16-17H,2-6,9-11,13H2,1H3,(H,23,25)/t16-,17+/m1/s1. The summed E-state index contributed by atoms with van der Waals surface area (Å²) in [5.74, 6) is -0.239. The van der Waals surface area contributed by atoms with E-state index in [4.69, 9.17) is 0 Å². The van der Waals surface area contributed by atoms with Crippen LogP contribution >= 0.6 is 0 Å². The molecule has 1 amide bonds. The number of amides is 1. The first kappa shape index (κ1) is 16.8. The zero-order chi connectivity index (χ0) is 17.4. The average Bonchev–Trinajstić information content (AvgIpc) is 3.28. The molecule has 1 saturated carbocycles. The molecule has 3 aliphatic rings. The lowest BCUT2D eigenvalue weighted by atomic mass is 9.90. The number of benzene rings is 1. The lowest BCUT2D eigenvalue weighted by Crippen LogP contribution is -2.45. The van der Waals surface area contributed by atoms with Crippen LogP contribution in [0.15, 0.2) is 17.7 Å². The number of aryl methyl sites for hydroxylation is 1. The number of carbonyl (C=O) groups excluding carboxylic acids is 1. The molecule has 0 aromatic heterocycles. The van der Waals surface area contributed by atoms with Gasteiger partial charge in [-0.3, -0.25) is 4.79 Å². The van der Waals surface area contributed by atoms with Crippen molar-refractivity contribution in [3.63, 3.8) is 0 Å². The molecule has 2 fully saturated rings. The Bertz CT molecular complexity index is 706. The highest BCUT2D eigenvalue weighted by molar-refractivity contribution is 6.00. The molecule has 134 valence electrons. The lowest BCUT2D eigenvalue weighted by Gasteiger charge is -2.35. The summed E-state index contributed by atoms with van der Waals surface area (Å²) >= 11 is 0. The number of nitrogens with zero attached hydrogens (tertiary/aromatic N) is 1. The summed E-state index contributed by atoms with van der Waals surface area (Å²) in [4.78, 5) is 15.3. The van der Waals surface area contributed by atoms with Crippen molar-refractivity contribution >= 4 is 12.0 Å². The van der Waals surface area contributed by atoms with Crippen molar-refractivity contribution in [2.24, 2.45) is 0 Å². The summed E-state index contributed by atoms with van der Waals surface area (Å²) in [5, 5.41) is 3.23. The number of fused-ring (bicyclic) bond motifs is 1. The molecular weight excluding hydrogens is 315 g/mol. The van der Waals surface area contributed by atoms with E-state index in [1.54, 1.807) is 12.1 Å². The van der Waals surface area contributed by atoms with Gasteiger partial charge in [-0.05, 0) is 81.8 Å². The molecule has 0 bridgehead atoms. The normalized spacial score (nSPS) is 26.4. The summed E-state index contributed by atoms with van der Waals surface area (Å²) < 4.78 is 14.0. The Labute approximate surface area is 149 Å². The fraction of sp³-hybridized carbons (Fsp3) is 0.571. The molecule has 0 unspecified atom stereocenters. The van der Waals surface area contributed by atoms with Crippen LogP contribution in [0.25, 0.3) is 6.08 Å². The zero-order valence-electron chi connectivity index (χ0n) is 15.0. The van der Waals surface area contributed by atoms with E-state index in [9.17, 15) is 9.18 Å². The maximum atomic E-state index is 14.0. The molecule has 1 heterocycles. The van der Waals surface area contributed by atoms with Gasteiger partial charge < -0.3 is 10.2 Å². The quantitative estimate of drug-likeness (QED) is 0.910. The van der Waals surface area contributed by atoms with E-state index in [2.05, 4.69) is 10.2 Å². The Kier molecular flexibility index (Phi) is 4.63. The Hall–Kier alpha value is -1.68. The largest absolute Gasteiger partial charge is 0.350 e. The van der Waals surface area contributed by atoms with E-state index < -0.39 is 0 Å². The minimum absolute atomic E-state index is 0.0120. The molecule has 1 aliphatic heterocycles. The van der Waals surface area contributed by atoms with Crippen LogP contribution in [0.1, 0.15) is 55.2 Å². The second kappa shape index (κ2) is 6.91. The molecule has 25 heavy (non-hydrogen) atoms. The van der Waals surface area contributed by atoms with Gasteiger partial charge in [0.15, 0.2) is 0 Å². The van der Waals surface area contributed by atoms with Gasteiger partial charge in [0, 0.05) is 29.6 Å². The van der Waals surface area contributed by atoms with E-state index in [-0.39, 0.29) is 17.8 Å². The van der Waals surface area contributed by atoms with Gasteiger partial charge in [-0.1, -0.05) is 6.07 Å². The number of hydrogen-bond donors (Lipinski definition) is 1. The second-order valence-electron chi connectivity index (χ2n) is 7.84. The molecule has 1 saturated heterocycles. The van der Waals surface area contributed by atoms with Crippen LogP contribution in [0.5, 0.6) is 0 Å². The molecule has 4 rings (SSSR count). The molecule has 0 spiro atoms. The predicted octanol–water partition coefficient (Wildman–Crippen LogP) is 3.60. The molecule has 2 atom stereocenters. The molecule has 0 radical (unpaired) electrons. The van der Waals surface area contributed by atoms with E-state index in [1.165, 1.54) is 44.8 Å². The van der Waals surface area contributed by atoms with Gasteiger partial charge in [0.25, 0.3) is 0 Å². The van der Waals surface area contributed by atoms with Crippen molar-refractivity contribution in [2.45, 2.75) is 64.0 Å². The second-order valence-corrected chi connectivity index (χ2v) is 7.84. The van der Waals surface area contributed by atoms with Crippen molar-refractivity contribution in [2.75, 3.05) is 13.1 Å². The monoisotopic (exact) mass is 342 g/mol. The van der Waals surface area contributed by atoms with Crippen molar-refractivity contribution in [3.8, 4) is 0 Å². The van der Waals surface area contributed by atoms with Crippen LogP contribution in [0, 0.1) is 12.7 Å².